The summed E-state index contributed by atoms with van der Waals surface area (Å²) in [5, 5.41) is 0.557. The van der Waals surface area contributed by atoms with Gasteiger partial charge in [0, 0.05) is 22.9 Å². The zero-order valence-electron chi connectivity index (χ0n) is 8.05. The van der Waals surface area contributed by atoms with E-state index in [2.05, 4.69) is 15.0 Å². The number of thioether (sulfide) groups is 1. The third-order valence-corrected chi connectivity index (χ3v) is 3.81. The molecule has 0 bridgehead atoms. The Morgan fingerprint density at radius 3 is 2.56 bits per heavy atom. The zero-order valence-corrected chi connectivity index (χ0v) is 10.4. The Kier molecular flexibility index (Phi) is 3.47. The number of hydrogen-bond donors (Lipinski definition) is 2. The van der Waals surface area contributed by atoms with Crippen LogP contribution in [0, 0.1) is 0 Å². The number of nitrogens with two attached hydrogens (primary N) is 2. The summed E-state index contributed by atoms with van der Waals surface area (Å²) in [5.41, 5.74) is 11.1. The molecule has 84 valence electrons. The lowest BCUT2D eigenvalue weighted by Gasteiger charge is -2.00. The highest BCUT2D eigenvalue weighted by molar-refractivity contribution is 7.98. The van der Waals surface area contributed by atoms with Crippen molar-refractivity contribution in [1.29, 1.82) is 0 Å². The van der Waals surface area contributed by atoms with Crippen LogP contribution in [0.2, 0.25) is 4.47 Å². The maximum Gasteiger partial charge on any atom is 0.191 e. The molecular formula is C8H8ClN5S2. The van der Waals surface area contributed by atoms with Gasteiger partial charge in [-0.05, 0) is 0 Å². The molecule has 0 aliphatic heterocycles. The minimum atomic E-state index is 0.373. The van der Waals surface area contributed by atoms with Crippen molar-refractivity contribution >= 4 is 46.3 Å². The quantitative estimate of drug-likeness (QED) is 0.657. The van der Waals surface area contributed by atoms with E-state index >= 15 is 0 Å². The molecule has 5 nitrogen and oxygen atoms in total. The smallest absolute Gasteiger partial charge is 0.191 e. The van der Waals surface area contributed by atoms with Crippen LogP contribution in [0.5, 0.6) is 0 Å². The SMILES string of the molecule is Nc1cc(N)nc(SCc2cnc(Cl)s2)n1. The van der Waals surface area contributed by atoms with Crippen molar-refractivity contribution in [3.05, 3.63) is 21.6 Å². The van der Waals surface area contributed by atoms with Gasteiger partial charge in [0.05, 0.1) is 0 Å². The third-order valence-electron chi connectivity index (χ3n) is 1.61. The van der Waals surface area contributed by atoms with Crippen LogP contribution in [0.1, 0.15) is 4.88 Å². The van der Waals surface area contributed by atoms with Crippen molar-refractivity contribution in [2.45, 2.75) is 10.9 Å². The number of hydrogen-bond acceptors (Lipinski definition) is 7. The summed E-state index contributed by atoms with van der Waals surface area (Å²) in [6, 6.07) is 1.52. The lowest BCUT2D eigenvalue weighted by molar-refractivity contribution is 0.984. The summed E-state index contributed by atoms with van der Waals surface area (Å²) in [6.45, 7) is 0. The number of nitrogens with zero attached hydrogens (tertiary/aromatic N) is 3. The normalized spacial score (nSPS) is 10.6. The van der Waals surface area contributed by atoms with Crippen LogP contribution in [-0.4, -0.2) is 15.0 Å². The Balaban J connectivity index is 2.04. The molecule has 0 fully saturated rings. The van der Waals surface area contributed by atoms with Gasteiger partial charge in [-0.1, -0.05) is 23.4 Å². The van der Waals surface area contributed by atoms with Crippen LogP contribution in [-0.2, 0) is 5.75 Å². The average Bonchev–Trinajstić information content (AvgIpc) is 2.60. The molecule has 16 heavy (non-hydrogen) atoms. The van der Waals surface area contributed by atoms with E-state index in [1.807, 2.05) is 0 Å². The Hall–Kier alpha value is -1.05. The highest BCUT2D eigenvalue weighted by Gasteiger charge is 2.04. The van der Waals surface area contributed by atoms with Crippen LogP contribution >= 0.6 is 34.7 Å². The number of halogens is 1. The van der Waals surface area contributed by atoms with E-state index in [1.165, 1.54) is 29.2 Å². The van der Waals surface area contributed by atoms with Crippen LogP contribution in [0.3, 0.4) is 0 Å². The van der Waals surface area contributed by atoms with E-state index < -0.39 is 0 Å². The molecule has 2 aromatic rings. The second kappa shape index (κ2) is 4.86. The van der Waals surface area contributed by atoms with E-state index in [-0.39, 0.29) is 0 Å². The van der Waals surface area contributed by atoms with Crippen molar-refractivity contribution in [2.75, 3.05) is 11.5 Å². The Labute approximate surface area is 105 Å². The van der Waals surface area contributed by atoms with Gasteiger partial charge in [0.15, 0.2) is 9.62 Å². The average molecular weight is 274 g/mol. The second-order valence-corrected chi connectivity index (χ2v) is 5.51. The first-order valence-corrected chi connectivity index (χ1v) is 6.44. The first kappa shape index (κ1) is 11.4. The summed E-state index contributed by atoms with van der Waals surface area (Å²) >= 11 is 8.60. The van der Waals surface area contributed by atoms with Gasteiger partial charge in [0.25, 0.3) is 0 Å². The van der Waals surface area contributed by atoms with Gasteiger partial charge in [0.1, 0.15) is 11.6 Å². The molecule has 2 aromatic heterocycles. The molecule has 2 heterocycles. The Bertz CT molecular complexity index is 481. The highest BCUT2D eigenvalue weighted by Crippen LogP contribution is 2.26. The van der Waals surface area contributed by atoms with E-state index in [0.717, 1.165) is 4.88 Å². The first-order chi connectivity index (χ1) is 7.63. The zero-order chi connectivity index (χ0) is 11.5. The lowest BCUT2D eigenvalue weighted by atomic mass is 10.5. The van der Waals surface area contributed by atoms with E-state index in [0.29, 0.717) is 27.0 Å². The number of anilines is 2. The van der Waals surface area contributed by atoms with E-state index in [1.54, 1.807) is 6.20 Å². The maximum atomic E-state index is 5.72. The van der Waals surface area contributed by atoms with Crippen LogP contribution in [0.25, 0.3) is 0 Å². The number of thiazole rings is 1. The molecule has 2 rings (SSSR count). The fourth-order valence-electron chi connectivity index (χ4n) is 1.01. The number of rotatable bonds is 3. The van der Waals surface area contributed by atoms with Crippen molar-refractivity contribution < 1.29 is 0 Å². The van der Waals surface area contributed by atoms with Gasteiger partial charge in [0.2, 0.25) is 0 Å². The summed E-state index contributed by atoms with van der Waals surface area (Å²) < 4.78 is 0.531. The maximum absolute atomic E-state index is 5.72. The van der Waals surface area contributed by atoms with Crippen molar-refractivity contribution in [3.63, 3.8) is 0 Å². The predicted molar refractivity (Wildman–Crippen MR) is 67.5 cm³/mol. The van der Waals surface area contributed by atoms with Gasteiger partial charge in [-0.15, -0.1) is 11.3 Å². The molecule has 0 saturated heterocycles. The molecule has 8 heteroatoms. The molecular weight excluding hydrogens is 266 g/mol. The summed E-state index contributed by atoms with van der Waals surface area (Å²) in [7, 11) is 0. The Morgan fingerprint density at radius 2 is 2.00 bits per heavy atom. The molecule has 0 aromatic carbocycles. The number of nitrogen functional groups attached to an aromatic ring is 2. The van der Waals surface area contributed by atoms with Gasteiger partial charge in [-0.25, -0.2) is 15.0 Å². The summed E-state index contributed by atoms with van der Waals surface area (Å²) in [5.74, 6) is 1.45. The van der Waals surface area contributed by atoms with Gasteiger partial charge < -0.3 is 11.5 Å². The predicted octanol–water partition coefficient (Wildman–Crippen LogP) is 2.04. The number of aromatic nitrogens is 3. The van der Waals surface area contributed by atoms with Gasteiger partial charge >= 0.3 is 0 Å². The Morgan fingerprint density at radius 1 is 1.31 bits per heavy atom. The topological polar surface area (TPSA) is 90.7 Å². The fraction of sp³-hybridized carbons (Fsp3) is 0.125. The van der Waals surface area contributed by atoms with Crippen LogP contribution in [0.15, 0.2) is 17.4 Å². The summed E-state index contributed by atoms with van der Waals surface area (Å²) in [4.78, 5) is 13.1. The standard InChI is InChI=1S/C8H8ClN5S2/c9-7-12-2-4(16-7)3-15-8-13-5(10)1-6(11)14-8/h1-2H,3H2,(H4,10,11,13,14). The van der Waals surface area contributed by atoms with Crippen LogP contribution in [0.4, 0.5) is 11.6 Å². The monoisotopic (exact) mass is 273 g/mol. The fourth-order valence-corrected chi connectivity index (χ4v) is 2.88. The van der Waals surface area contributed by atoms with Gasteiger partial charge in [-0.2, -0.15) is 0 Å². The van der Waals surface area contributed by atoms with Crippen molar-refractivity contribution in [3.8, 4) is 0 Å². The second-order valence-electron chi connectivity index (χ2n) is 2.87. The molecule has 0 unspecified atom stereocenters. The van der Waals surface area contributed by atoms with Crippen molar-refractivity contribution in [1.82, 2.24) is 15.0 Å². The molecule has 0 amide bonds. The van der Waals surface area contributed by atoms with E-state index in [9.17, 15) is 0 Å². The largest absolute Gasteiger partial charge is 0.383 e. The van der Waals surface area contributed by atoms with Gasteiger partial charge in [-0.3, -0.25) is 0 Å². The summed E-state index contributed by atoms with van der Waals surface area (Å²) in [6.07, 6.45) is 1.73. The molecule has 0 atom stereocenters. The molecule has 0 saturated carbocycles. The third kappa shape index (κ3) is 2.97. The first-order valence-electron chi connectivity index (χ1n) is 4.26. The molecule has 0 spiro atoms. The minimum absolute atomic E-state index is 0.373. The lowest BCUT2D eigenvalue weighted by Crippen LogP contribution is -1.99. The minimum Gasteiger partial charge on any atom is -0.383 e. The molecule has 0 aliphatic rings. The molecule has 0 radical (unpaired) electrons. The van der Waals surface area contributed by atoms with Crippen LogP contribution < -0.4 is 11.5 Å². The molecule has 4 N–H and O–H groups in total. The van der Waals surface area contributed by atoms with Crippen molar-refractivity contribution in [2.24, 2.45) is 0 Å². The molecule has 0 aliphatic carbocycles. The van der Waals surface area contributed by atoms with E-state index in [4.69, 9.17) is 23.1 Å². The highest BCUT2D eigenvalue weighted by atomic mass is 35.5.